The molecule has 10 N–H and O–H groups in total. The standard InChI is InChI=1S/C19H37N7O5/c1-9(2)13(20)17(29)25-12(7-6-8-23-19(21)22)16(28)24-11(5)15(27)26-14(10(3)4)18(30)31/h9-14H,6-8,20H2,1-5H3,(H,24,28)(H,25,29)(H,26,27)(H,30,31)(H4,21,22,23)/t11-,12-,13-,14-/m0/s1. The van der Waals surface area contributed by atoms with Gasteiger partial charge in [0.1, 0.15) is 18.1 Å². The molecule has 0 heterocycles. The quantitative estimate of drug-likeness (QED) is 0.0980. The van der Waals surface area contributed by atoms with Crippen molar-refractivity contribution in [2.45, 2.75) is 71.6 Å². The van der Waals surface area contributed by atoms with Crippen LogP contribution in [0.5, 0.6) is 0 Å². The molecule has 12 heteroatoms. The summed E-state index contributed by atoms with van der Waals surface area (Å²) in [5.74, 6) is -3.50. The van der Waals surface area contributed by atoms with E-state index in [2.05, 4.69) is 20.9 Å². The first-order valence-corrected chi connectivity index (χ1v) is 10.2. The summed E-state index contributed by atoms with van der Waals surface area (Å²) >= 11 is 0. The fraction of sp³-hybridized carbons (Fsp3) is 0.737. The summed E-state index contributed by atoms with van der Waals surface area (Å²) in [6, 6.07) is -3.90. The fourth-order valence-corrected chi connectivity index (χ4v) is 2.51. The Labute approximate surface area is 182 Å². The van der Waals surface area contributed by atoms with E-state index in [9.17, 15) is 24.3 Å². The summed E-state index contributed by atoms with van der Waals surface area (Å²) in [6.45, 7) is 8.54. The third-order valence-electron chi connectivity index (χ3n) is 4.58. The molecule has 0 aliphatic carbocycles. The van der Waals surface area contributed by atoms with E-state index in [1.165, 1.54) is 6.92 Å². The number of nitrogens with zero attached hydrogens (tertiary/aromatic N) is 1. The van der Waals surface area contributed by atoms with Crippen LogP contribution in [0.2, 0.25) is 0 Å². The lowest BCUT2D eigenvalue weighted by molar-refractivity contribution is -0.143. The SMILES string of the molecule is CC(C)[C@H](N)C(=O)N[C@@H](CCCN=C(N)N)C(=O)N[C@@H](C)C(=O)N[C@H](C(=O)O)C(C)C. The highest BCUT2D eigenvalue weighted by molar-refractivity contribution is 5.93. The number of rotatable bonds is 13. The van der Waals surface area contributed by atoms with Crippen molar-refractivity contribution >= 4 is 29.7 Å². The van der Waals surface area contributed by atoms with Gasteiger partial charge < -0.3 is 38.3 Å². The number of nitrogens with two attached hydrogens (primary N) is 3. The van der Waals surface area contributed by atoms with Crippen molar-refractivity contribution in [2.75, 3.05) is 6.54 Å². The molecule has 0 rings (SSSR count). The summed E-state index contributed by atoms with van der Waals surface area (Å²) in [5.41, 5.74) is 16.4. The molecule has 0 bridgehead atoms. The number of carbonyl (C=O) groups excluding carboxylic acids is 3. The lowest BCUT2D eigenvalue weighted by Crippen LogP contribution is -2.57. The first-order valence-electron chi connectivity index (χ1n) is 10.2. The van der Waals surface area contributed by atoms with Gasteiger partial charge in [-0.3, -0.25) is 19.4 Å². The minimum absolute atomic E-state index is 0.0877. The molecule has 12 nitrogen and oxygen atoms in total. The number of carbonyl (C=O) groups is 4. The number of aliphatic imine (C=N–C) groups is 1. The Morgan fingerprint density at radius 2 is 1.45 bits per heavy atom. The molecule has 31 heavy (non-hydrogen) atoms. The Kier molecular flexibility index (Phi) is 12.2. The number of hydrogen-bond acceptors (Lipinski definition) is 6. The predicted octanol–water partition coefficient (Wildman–Crippen LogP) is -1.76. The predicted molar refractivity (Wildman–Crippen MR) is 117 cm³/mol. The monoisotopic (exact) mass is 443 g/mol. The van der Waals surface area contributed by atoms with Crippen LogP contribution in [0.25, 0.3) is 0 Å². The summed E-state index contributed by atoms with van der Waals surface area (Å²) < 4.78 is 0. The van der Waals surface area contributed by atoms with Gasteiger partial charge in [0.2, 0.25) is 17.7 Å². The van der Waals surface area contributed by atoms with E-state index in [4.69, 9.17) is 17.2 Å². The fourth-order valence-electron chi connectivity index (χ4n) is 2.51. The number of nitrogens with one attached hydrogen (secondary N) is 3. The van der Waals surface area contributed by atoms with E-state index >= 15 is 0 Å². The Balaban J connectivity index is 5.17. The van der Waals surface area contributed by atoms with Crippen LogP contribution in [0.3, 0.4) is 0 Å². The smallest absolute Gasteiger partial charge is 0.326 e. The van der Waals surface area contributed by atoms with E-state index in [-0.39, 0.29) is 30.8 Å². The molecule has 0 aromatic heterocycles. The highest BCUT2D eigenvalue weighted by Crippen LogP contribution is 2.05. The molecule has 0 aliphatic heterocycles. The number of aliphatic carboxylic acids is 1. The maximum absolute atomic E-state index is 12.7. The summed E-state index contributed by atoms with van der Waals surface area (Å²) in [6.07, 6.45) is 0.597. The van der Waals surface area contributed by atoms with Crippen LogP contribution in [0.15, 0.2) is 4.99 Å². The molecule has 0 aromatic rings. The van der Waals surface area contributed by atoms with Gasteiger partial charge in [0.15, 0.2) is 5.96 Å². The number of amides is 3. The third-order valence-corrected chi connectivity index (χ3v) is 4.58. The van der Waals surface area contributed by atoms with Crippen molar-refractivity contribution in [3.63, 3.8) is 0 Å². The van der Waals surface area contributed by atoms with E-state index in [1.807, 2.05) is 0 Å². The topological polar surface area (TPSA) is 215 Å². The normalized spacial score (nSPS) is 14.8. The molecular formula is C19H37N7O5. The number of guanidine groups is 1. The van der Waals surface area contributed by atoms with Crippen molar-refractivity contribution in [1.82, 2.24) is 16.0 Å². The molecule has 178 valence electrons. The van der Waals surface area contributed by atoms with E-state index < -0.39 is 47.9 Å². The molecule has 3 amide bonds. The first-order chi connectivity index (χ1) is 14.3. The van der Waals surface area contributed by atoms with Crippen molar-refractivity contribution in [1.29, 1.82) is 0 Å². The second-order valence-corrected chi connectivity index (χ2v) is 8.08. The van der Waals surface area contributed by atoms with Crippen molar-refractivity contribution < 1.29 is 24.3 Å². The van der Waals surface area contributed by atoms with Gasteiger partial charge in [-0.2, -0.15) is 0 Å². The maximum atomic E-state index is 12.7. The summed E-state index contributed by atoms with van der Waals surface area (Å²) in [4.78, 5) is 52.5. The molecule has 0 unspecified atom stereocenters. The number of carboxylic acids is 1. The minimum atomic E-state index is -1.17. The zero-order chi connectivity index (χ0) is 24.3. The van der Waals surface area contributed by atoms with Gasteiger partial charge in [-0.25, -0.2) is 4.79 Å². The van der Waals surface area contributed by atoms with Crippen molar-refractivity contribution in [3.05, 3.63) is 0 Å². The van der Waals surface area contributed by atoms with Crippen LogP contribution in [0.1, 0.15) is 47.5 Å². The van der Waals surface area contributed by atoms with Crippen LogP contribution in [-0.4, -0.2) is 65.5 Å². The highest BCUT2D eigenvalue weighted by atomic mass is 16.4. The van der Waals surface area contributed by atoms with Gasteiger partial charge in [0, 0.05) is 6.54 Å². The van der Waals surface area contributed by atoms with Gasteiger partial charge >= 0.3 is 5.97 Å². The maximum Gasteiger partial charge on any atom is 0.326 e. The van der Waals surface area contributed by atoms with Crippen LogP contribution in [0.4, 0.5) is 0 Å². The van der Waals surface area contributed by atoms with E-state index in [0.29, 0.717) is 6.42 Å². The Bertz CT molecular complexity index is 662. The Morgan fingerprint density at radius 1 is 0.871 bits per heavy atom. The lowest BCUT2D eigenvalue weighted by atomic mass is 10.0. The second kappa shape index (κ2) is 13.4. The van der Waals surface area contributed by atoms with E-state index in [0.717, 1.165) is 0 Å². The molecule has 0 saturated carbocycles. The van der Waals surface area contributed by atoms with Gasteiger partial charge in [0.05, 0.1) is 6.04 Å². The number of hydrogen-bond donors (Lipinski definition) is 7. The van der Waals surface area contributed by atoms with Gasteiger partial charge in [0.25, 0.3) is 0 Å². The summed E-state index contributed by atoms with van der Waals surface area (Å²) in [7, 11) is 0. The average Bonchev–Trinajstić information content (AvgIpc) is 2.66. The Morgan fingerprint density at radius 3 is 1.90 bits per heavy atom. The van der Waals surface area contributed by atoms with Gasteiger partial charge in [-0.15, -0.1) is 0 Å². The summed E-state index contributed by atoms with van der Waals surface area (Å²) in [5, 5.41) is 16.7. The van der Waals surface area contributed by atoms with Crippen molar-refractivity contribution in [2.24, 2.45) is 34.0 Å². The highest BCUT2D eigenvalue weighted by Gasteiger charge is 2.29. The number of carboxylic acid groups (broad SMARTS) is 1. The van der Waals surface area contributed by atoms with Crippen molar-refractivity contribution in [3.8, 4) is 0 Å². The minimum Gasteiger partial charge on any atom is -0.480 e. The third kappa shape index (κ3) is 10.6. The molecule has 0 spiro atoms. The molecule has 0 radical (unpaired) electrons. The molecule has 4 atom stereocenters. The first kappa shape index (κ1) is 28.1. The molecule has 0 saturated heterocycles. The van der Waals surface area contributed by atoms with Crippen LogP contribution < -0.4 is 33.2 Å². The largest absolute Gasteiger partial charge is 0.480 e. The van der Waals surface area contributed by atoms with Gasteiger partial charge in [-0.1, -0.05) is 27.7 Å². The van der Waals surface area contributed by atoms with Gasteiger partial charge in [-0.05, 0) is 31.6 Å². The Hall–Kier alpha value is -2.89. The molecular weight excluding hydrogens is 406 g/mol. The zero-order valence-electron chi connectivity index (χ0n) is 18.8. The van der Waals surface area contributed by atoms with Crippen LogP contribution in [-0.2, 0) is 19.2 Å². The van der Waals surface area contributed by atoms with Crippen LogP contribution >= 0.6 is 0 Å². The van der Waals surface area contributed by atoms with E-state index in [1.54, 1.807) is 27.7 Å². The molecule has 0 aromatic carbocycles. The lowest BCUT2D eigenvalue weighted by Gasteiger charge is -2.25. The molecule has 0 fully saturated rings. The second-order valence-electron chi connectivity index (χ2n) is 8.08. The molecule has 0 aliphatic rings. The average molecular weight is 444 g/mol. The zero-order valence-corrected chi connectivity index (χ0v) is 18.8. The van der Waals surface area contributed by atoms with Crippen LogP contribution in [0, 0.1) is 11.8 Å².